The molecule has 5 saturated carbocycles. The lowest BCUT2D eigenvalue weighted by molar-refractivity contribution is 0.321. The summed E-state index contributed by atoms with van der Waals surface area (Å²) in [6.07, 6.45) is 38.4. The summed E-state index contributed by atoms with van der Waals surface area (Å²) >= 11 is 0. The number of para-hydroxylation sites is 2. The summed E-state index contributed by atoms with van der Waals surface area (Å²) in [6, 6.07) is 55.6. The van der Waals surface area contributed by atoms with E-state index in [9.17, 15) is 0 Å². The minimum atomic E-state index is 0.682. The smallest absolute Gasteiger partial charge is 0.219 e. The highest BCUT2D eigenvalue weighted by Crippen LogP contribution is 2.48. The molecular formula is C70H79N2+. The molecule has 5 fully saturated rings. The van der Waals surface area contributed by atoms with Gasteiger partial charge in [-0.1, -0.05) is 191 Å². The van der Waals surface area contributed by atoms with Gasteiger partial charge in [-0.3, -0.25) is 0 Å². The summed E-state index contributed by atoms with van der Waals surface area (Å²) < 4.78 is 2.69. The second-order valence-corrected chi connectivity index (χ2v) is 23.0. The molecule has 72 heavy (non-hydrogen) atoms. The van der Waals surface area contributed by atoms with Crippen LogP contribution in [0.25, 0.3) is 38.4 Å². The van der Waals surface area contributed by atoms with Crippen molar-refractivity contribution < 1.29 is 0 Å². The van der Waals surface area contributed by atoms with E-state index in [1.165, 1.54) is 208 Å². The normalized spacial score (nSPS) is 19.9. The zero-order chi connectivity index (χ0) is 48.1. The molecule has 2 nitrogen and oxygen atoms in total. The van der Waals surface area contributed by atoms with Crippen LogP contribution in [-0.2, 0) is 0 Å². The third kappa shape index (κ3) is 10.0. The second kappa shape index (κ2) is 22.2. The molecule has 0 amide bonds. The Balaban J connectivity index is 0.953. The number of anilines is 3. The Kier molecular flexibility index (Phi) is 14.6. The molecule has 5 aliphatic carbocycles. The molecule has 2 heteroatoms. The van der Waals surface area contributed by atoms with E-state index >= 15 is 0 Å². The van der Waals surface area contributed by atoms with Gasteiger partial charge in [0.25, 0.3) is 0 Å². The van der Waals surface area contributed by atoms with Gasteiger partial charge < -0.3 is 4.90 Å². The zero-order valence-corrected chi connectivity index (χ0v) is 43.3. The highest BCUT2D eigenvalue weighted by Gasteiger charge is 2.32. The van der Waals surface area contributed by atoms with Crippen molar-refractivity contribution in [2.75, 3.05) is 4.90 Å². The van der Waals surface area contributed by atoms with Crippen molar-refractivity contribution in [2.45, 2.75) is 154 Å². The summed E-state index contributed by atoms with van der Waals surface area (Å²) in [5, 5.41) is 7.82. The van der Waals surface area contributed by atoms with Crippen LogP contribution < -0.4 is 9.48 Å². The van der Waals surface area contributed by atoms with Gasteiger partial charge in [0.1, 0.15) is 0 Å². The fourth-order valence-electron chi connectivity index (χ4n) is 14.8. The molecule has 0 radical (unpaired) electrons. The molecule has 368 valence electrons. The lowest BCUT2D eigenvalue weighted by Gasteiger charge is -2.34. The van der Waals surface area contributed by atoms with Gasteiger partial charge in [0.2, 0.25) is 11.4 Å². The predicted molar refractivity (Wildman–Crippen MR) is 311 cm³/mol. The van der Waals surface area contributed by atoms with E-state index in [2.05, 4.69) is 167 Å². The minimum Gasteiger partial charge on any atom is -0.310 e. The summed E-state index contributed by atoms with van der Waals surface area (Å²) in [5.74, 6) is 3.87. The van der Waals surface area contributed by atoms with Crippen LogP contribution in [0.3, 0.4) is 0 Å². The predicted octanol–water partition coefficient (Wildman–Crippen LogP) is 20.7. The molecule has 7 aromatic rings. The van der Waals surface area contributed by atoms with Crippen molar-refractivity contribution in [1.82, 2.24) is 4.58 Å². The Morgan fingerprint density at radius 3 is 1.39 bits per heavy atom. The van der Waals surface area contributed by atoms with Crippen LogP contribution in [0.5, 0.6) is 0 Å². The van der Waals surface area contributed by atoms with Crippen LogP contribution in [0.1, 0.15) is 160 Å². The second-order valence-electron chi connectivity index (χ2n) is 23.0. The van der Waals surface area contributed by atoms with Gasteiger partial charge >= 0.3 is 0 Å². The van der Waals surface area contributed by atoms with Crippen molar-refractivity contribution in [2.24, 2.45) is 29.6 Å². The van der Waals surface area contributed by atoms with Crippen LogP contribution in [0.15, 0.2) is 163 Å². The van der Waals surface area contributed by atoms with Crippen LogP contribution in [-0.4, -0.2) is 5.71 Å². The van der Waals surface area contributed by atoms with E-state index in [1.54, 1.807) is 11.3 Å². The van der Waals surface area contributed by atoms with Crippen LogP contribution in [0.2, 0.25) is 0 Å². The van der Waals surface area contributed by atoms with Crippen molar-refractivity contribution in [3.05, 3.63) is 168 Å². The van der Waals surface area contributed by atoms with Crippen LogP contribution >= 0.6 is 0 Å². The molecule has 5 aliphatic rings. The van der Waals surface area contributed by atoms with E-state index in [0.29, 0.717) is 5.92 Å². The van der Waals surface area contributed by atoms with Gasteiger partial charge in [-0.05, 0) is 157 Å². The molecule has 0 spiro atoms. The maximum atomic E-state index is 2.88. The number of allylic oxidation sites excluding steroid dienone is 3. The quantitative estimate of drug-likeness (QED) is 0.0711. The molecule has 0 aromatic heterocycles. The van der Waals surface area contributed by atoms with Crippen molar-refractivity contribution in [1.29, 1.82) is 0 Å². The molecule has 12 rings (SSSR count). The number of fused-ring (bicyclic) bond motifs is 5. The van der Waals surface area contributed by atoms with E-state index < -0.39 is 0 Å². The molecule has 0 unspecified atom stereocenters. The van der Waals surface area contributed by atoms with Crippen molar-refractivity contribution in [3.63, 3.8) is 0 Å². The largest absolute Gasteiger partial charge is 0.310 e. The van der Waals surface area contributed by atoms with E-state index in [0.717, 1.165) is 36.5 Å². The zero-order valence-electron chi connectivity index (χ0n) is 43.3. The topological polar surface area (TPSA) is 6.25 Å². The molecule has 0 N–H and O–H groups in total. The van der Waals surface area contributed by atoms with Crippen LogP contribution in [0, 0.1) is 29.6 Å². The first-order chi connectivity index (χ1) is 35.7. The molecule has 0 saturated heterocycles. The number of benzene rings is 7. The van der Waals surface area contributed by atoms with Gasteiger partial charge in [-0.2, -0.15) is 4.58 Å². The molecule has 7 aromatic carbocycles. The van der Waals surface area contributed by atoms with Gasteiger partial charge in [-0.15, -0.1) is 0 Å². The number of rotatable bonds is 11. The average molecular weight is 948 g/mol. The Morgan fingerprint density at radius 2 is 0.833 bits per heavy atom. The molecule has 0 aliphatic heterocycles. The lowest BCUT2D eigenvalue weighted by Crippen LogP contribution is -2.24. The van der Waals surface area contributed by atoms with Gasteiger partial charge in [0, 0.05) is 47.8 Å². The molecule has 0 atom stereocenters. The maximum absolute atomic E-state index is 2.88. The van der Waals surface area contributed by atoms with Gasteiger partial charge in [0.05, 0.1) is 11.1 Å². The maximum Gasteiger partial charge on any atom is 0.219 e. The van der Waals surface area contributed by atoms with Crippen molar-refractivity contribution >= 4 is 72.5 Å². The number of hydrogen-bond acceptors (Lipinski definition) is 1. The Labute approximate surface area is 432 Å². The van der Waals surface area contributed by atoms with Crippen molar-refractivity contribution in [3.8, 4) is 0 Å². The van der Waals surface area contributed by atoms with Gasteiger partial charge in [0.15, 0.2) is 5.71 Å². The minimum absolute atomic E-state index is 0.682. The highest BCUT2D eigenvalue weighted by molar-refractivity contribution is 6.24. The Bertz CT molecular complexity index is 2990. The summed E-state index contributed by atoms with van der Waals surface area (Å²) in [7, 11) is 0. The first-order valence-corrected chi connectivity index (χ1v) is 29.2. The SMILES string of the molecule is C(=C(C1CCCCC1)C1CCCCC1)c1ccc(N(c2ccccc2)c2cc3c4ccccc4c([N+](=C4CCC(C=C(C5CCCCC5)C5CCCCC5)CC4)c4ccccc4)cc3c3ccccc23)cc1. The molecule has 0 bridgehead atoms. The summed E-state index contributed by atoms with van der Waals surface area (Å²) in [6.45, 7) is 0. The molecule has 0 heterocycles. The lowest BCUT2D eigenvalue weighted by atomic mass is 9.72. The highest BCUT2D eigenvalue weighted by atomic mass is 15.1. The summed E-state index contributed by atoms with van der Waals surface area (Å²) in [5.41, 5.74) is 12.7. The fourth-order valence-corrected chi connectivity index (χ4v) is 14.8. The van der Waals surface area contributed by atoms with E-state index in [4.69, 9.17) is 0 Å². The summed E-state index contributed by atoms with van der Waals surface area (Å²) in [4.78, 5) is 2.52. The van der Waals surface area contributed by atoms with Crippen LogP contribution in [0.4, 0.5) is 28.4 Å². The van der Waals surface area contributed by atoms with E-state index in [-0.39, 0.29) is 0 Å². The first-order valence-electron chi connectivity index (χ1n) is 29.2. The Hall–Kier alpha value is -5.73. The van der Waals surface area contributed by atoms with E-state index in [1.807, 2.05) is 5.57 Å². The van der Waals surface area contributed by atoms with Gasteiger partial charge in [-0.25, -0.2) is 0 Å². The molecular weight excluding hydrogens is 869 g/mol. The third-order valence-electron chi connectivity index (χ3n) is 18.5. The fraction of sp³-hybridized carbons (Fsp3) is 0.414. The number of nitrogens with zero attached hydrogens (tertiary/aromatic N) is 2. The monoisotopic (exact) mass is 948 g/mol. The number of hydrogen-bond donors (Lipinski definition) is 0. The standard InChI is InChI=1S/C70H79N2/c1-7-23-53(24-8-1)65(54-25-9-2-10-26-54)47-51-39-43-59(44-40-51)71(57-31-15-5-16-32-57)69-49-67-62-36-20-22-38-64(62)70(50-68(67)61-35-19-21-37-63(61)69)72(58-33-17-6-18-34-58)60-45-41-52(42-46-60)48-66(55-27-11-3-12-28-55)56-29-13-4-14-30-56/h5-6,15-22,31-40,43-44,47-50,52-56H,1-4,7-14,23-30,41-42,45-46H2/q+1. The Morgan fingerprint density at radius 1 is 0.389 bits per heavy atom. The third-order valence-corrected chi connectivity index (χ3v) is 18.5. The first kappa shape index (κ1) is 47.3. The average Bonchev–Trinajstić information content (AvgIpc) is 3.46.